The standard InChI is InChI=1S/C8H14OS/c1-3-4-5-6-8(9)7-10-2/h1,8-9H,4-7H2,2H3. The van der Waals surface area contributed by atoms with Crippen LogP contribution in [0.15, 0.2) is 0 Å². The fraction of sp³-hybridized carbons (Fsp3) is 0.750. The van der Waals surface area contributed by atoms with Crippen LogP contribution in [-0.2, 0) is 0 Å². The van der Waals surface area contributed by atoms with E-state index in [1.165, 1.54) is 0 Å². The lowest BCUT2D eigenvalue weighted by molar-refractivity contribution is 0.187. The summed E-state index contributed by atoms with van der Waals surface area (Å²) in [7, 11) is 0. The Morgan fingerprint density at radius 3 is 2.90 bits per heavy atom. The van der Waals surface area contributed by atoms with Crippen molar-refractivity contribution in [2.75, 3.05) is 12.0 Å². The van der Waals surface area contributed by atoms with Gasteiger partial charge in [0.25, 0.3) is 0 Å². The van der Waals surface area contributed by atoms with Gasteiger partial charge in [-0.15, -0.1) is 12.3 Å². The molecule has 0 spiro atoms. The molecule has 1 nitrogen and oxygen atoms in total. The number of rotatable bonds is 5. The predicted molar refractivity (Wildman–Crippen MR) is 47.1 cm³/mol. The average Bonchev–Trinajstić information content (AvgIpc) is 1.89. The third-order valence-corrected chi connectivity index (χ3v) is 1.94. The second kappa shape index (κ2) is 6.98. The van der Waals surface area contributed by atoms with Crippen LogP contribution in [0.4, 0.5) is 0 Å². The number of hydrogen-bond donors (Lipinski definition) is 1. The van der Waals surface area contributed by atoms with Crippen molar-refractivity contribution in [2.24, 2.45) is 0 Å². The van der Waals surface area contributed by atoms with Gasteiger partial charge in [-0.1, -0.05) is 0 Å². The molecule has 2 heteroatoms. The van der Waals surface area contributed by atoms with Gasteiger partial charge < -0.3 is 5.11 Å². The molecule has 1 N–H and O–H groups in total. The Hall–Kier alpha value is -0.130. The van der Waals surface area contributed by atoms with Gasteiger partial charge in [0, 0.05) is 12.2 Å². The number of hydrogen-bond acceptors (Lipinski definition) is 2. The lowest BCUT2D eigenvalue weighted by Gasteiger charge is -2.05. The molecule has 0 aliphatic rings. The largest absolute Gasteiger partial charge is 0.392 e. The van der Waals surface area contributed by atoms with E-state index >= 15 is 0 Å². The van der Waals surface area contributed by atoms with E-state index in [0.29, 0.717) is 0 Å². The van der Waals surface area contributed by atoms with Crippen molar-refractivity contribution >= 4 is 11.8 Å². The van der Waals surface area contributed by atoms with E-state index in [0.717, 1.165) is 25.0 Å². The van der Waals surface area contributed by atoms with Crippen molar-refractivity contribution < 1.29 is 5.11 Å². The number of thioether (sulfide) groups is 1. The molecule has 1 atom stereocenters. The second-order valence-electron chi connectivity index (χ2n) is 2.21. The Morgan fingerprint density at radius 1 is 1.70 bits per heavy atom. The summed E-state index contributed by atoms with van der Waals surface area (Å²) >= 11 is 1.67. The first-order valence-electron chi connectivity index (χ1n) is 3.41. The van der Waals surface area contributed by atoms with Crippen LogP contribution in [0.25, 0.3) is 0 Å². The molecule has 58 valence electrons. The summed E-state index contributed by atoms with van der Waals surface area (Å²) in [5.41, 5.74) is 0. The van der Waals surface area contributed by atoms with Crippen LogP contribution in [0.3, 0.4) is 0 Å². The summed E-state index contributed by atoms with van der Waals surface area (Å²) in [6.07, 6.45) is 9.44. The van der Waals surface area contributed by atoms with E-state index in [1.54, 1.807) is 11.8 Å². The SMILES string of the molecule is C#CCCCC(O)CSC. The molecular formula is C8H14OS. The average molecular weight is 158 g/mol. The zero-order valence-electron chi connectivity index (χ0n) is 6.34. The lowest BCUT2D eigenvalue weighted by Crippen LogP contribution is -2.08. The Kier molecular flexibility index (Phi) is 6.89. The maximum Gasteiger partial charge on any atom is 0.0630 e. The summed E-state index contributed by atoms with van der Waals surface area (Å²) in [5.74, 6) is 3.37. The van der Waals surface area contributed by atoms with Gasteiger partial charge in [-0.3, -0.25) is 0 Å². The lowest BCUT2D eigenvalue weighted by atomic mass is 10.2. The third kappa shape index (κ3) is 6.00. The van der Waals surface area contributed by atoms with E-state index in [1.807, 2.05) is 6.26 Å². The number of aliphatic hydroxyl groups excluding tert-OH is 1. The van der Waals surface area contributed by atoms with Crippen LogP contribution in [0.1, 0.15) is 19.3 Å². The molecular weight excluding hydrogens is 144 g/mol. The minimum absolute atomic E-state index is 0.164. The van der Waals surface area contributed by atoms with Crippen LogP contribution in [0.5, 0.6) is 0 Å². The molecule has 0 radical (unpaired) electrons. The summed E-state index contributed by atoms with van der Waals surface area (Å²) in [5, 5.41) is 9.19. The molecule has 0 aromatic rings. The van der Waals surface area contributed by atoms with Gasteiger partial charge in [0.05, 0.1) is 6.10 Å². The minimum Gasteiger partial charge on any atom is -0.392 e. The quantitative estimate of drug-likeness (QED) is 0.483. The Labute approximate surface area is 67.2 Å². The van der Waals surface area contributed by atoms with Gasteiger partial charge in [0.15, 0.2) is 0 Å². The number of unbranched alkanes of at least 4 members (excludes halogenated alkanes) is 1. The summed E-state index contributed by atoms with van der Waals surface area (Å²) < 4.78 is 0. The van der Waals surface area contributed by atoms with Crippen molar-refractivity contribution in [3.8, 4) is 12.3 Å². The van der Waals surface area contributed by atoms with Gasteiger partial charge in [-0.25, -0.2) is 0 Å². The van der Waals surface area contributed by atoms with Gasteiger partial charge in [-0.2, -0.15) is 11.8 Å². The molecule has 0 rings (SSSR count). The molecule has 0 bridgehead atoms. The van der Waals surface area contributed by atoms with E-state index < -0.39 is 0 Å². The first-order valence-corrected chi connectivity index (χ1v) is 4.81. The topological polar surface area (TPSA) is 20.2 Å². The molecule has 0 saturated heterocycles. The maximum absolute atomic E-state index is 9.19. The van der Waals surface area contributed by atoms with Crippen LogP contribution in [0, 0.1) is 12.3 Å². The fourth-order valence-electron chi connectivity index (χ4n) is 0.715. The molecule has 10 heavy (non-hydrogen) atoms. The van der Waals surface area contributed by atoms with E-state index in [-0.39, 0.29) is 6.10 Å². The molecule has 0 saturated carbocycles. The van der Waals surface area contributed by atoms with Crippen molar-refractivity contribution in [1.29, 1.82) is 0 Å². The molecule has 0 heterocycles. The number of aliphatic hydroxyl groups is 1. The molecule has 0 aliphatic carbocycles. The zero-order chi connectivity index (χ0) is 7.82. The van der Waals surface area contributed by atoms with Crippen LogP contribution < -0.4 is 0 Å². The van der Waals surface area contributed by atoms with E-state index in [4.69, 9.17) is 6.42 Å². The highest BCUT2D eigenvalue weighted by atomic mass is 32.2. The minimum atomic E-state index is -0.164. The first-order chi connectivity index (χ1) is 4.81. The van der Waals surface area contributed by atoms with Gasteiger partial charge >= 0.3 is 0 Å². The number of terminal acetylenes is 1. The van der Waals surface area contributed by atoms with Crippen LogP contribution >= 0.6 is 11.8 Å². The summed E-state index contributed by atoms with van der Waals surface area (Å²) in [6.45, 7) is 0. The maximum atomic E-state index is 9.19. The smallest absolute Gasteiger partial charge is 0.0630 e. The molecule has 0 aliphatic heterocycles. The predicted octanol–water partition coefficient (Wildman–Crippen LogP) is 1.51. The molecule has 1 unspecified atom stereocenters. The Morgan fingerprint density at radius 2 is 2.40 bits per heavy atom. The van der Waals surface area contributed by atoms with Crippen molar-refractivity contribution in [3.63, 3.8) is 0 Å². The fourth-order valence-corrected chi connectivity index (χ4v) is 1.27. The monoisotopic (exact) mass is 158 g/mol. The Balaban J connectivity index is 3.06. The summed E-state index contributed by atoms with van der Waals surface area (Å²) in [4.78, 5) is 0. The second-order valence-corrected chi connectivity index (χ2v) is 3.12. The van der Waals surface area contributed by atoms with Gasteiger partial charge in [0.2, 0.25) is 0 Å². The van der Waals surface area contributed by atoms with Crippen molar-refractivity contribution in [2.45, 2.75) is 25.4 Å². The van der Waals surface area contributed by atoms with Gasteiger partial charge in [-0.05, 0) is 19.1 Å². The van der Waals surface area contributed by atoms with Crippen LogP contribution in [0.2, 0.25) is 0 Å². The van der Waals surface area contributed by atoms with Crippen molar-refractivity contribution in [3.05, 3.63) is 0 Å². The van der Waals surface area contributed by atoms with Gasteiger partial charge in [0.1, 0.15) is 0 Å². The highest BCUT2D eigenvalue weighted by molar-refractivity contribution is 7.98. The molecule has 0 aromatic heterocycles. The first kappa shape index (κ1) is 9.87. The van der Waals surface area contributed by atoms with Crippen molar-refractivity contribution in [1.82, 2.24) is 0 Å². The molecule has 0 amide bonds. The zero-order valence-corrected chi connectivity index (χ0v) is 7.16. The van der Waals surface area contributed by atoms with E-state index in [9.17, 15) is 5.11 Å². The van der Waals surface area contributed by atoms with Crippen LogP contribution in [-0.4, -0.2) is 23.2 Å². The molecule has 0 aromatic carbocycles. The Bertz CT molecular complexity index is 106. The normalized spacial score (nSPS) is 12.5. The van der Waals surface area contributed by atoms with E-state index in [2.05, 4.69) is 5.92 Å². The highest BCUT2D eigenvalue weighted by Gasteiger charge is 2.00. The third-order valence-electron chi connectivity index (χ3n) is 1.22. The molecule has 0 fully saturated rings. The highest BCUT2D eigenvalue weighted by Crippen LogP contribution is 2.04. The summed E-state index contributed by atoms with van der Waals surface area (Å²) in [6, 6.07) is 0.